The molecule has 0 aliphatic carbocycles. The van der Waals surface area contributed by atoms with Crippen molar-refractivity contribution < 1.29 is 4.79 Å². The van der Waals surface area contributed by atoms with Gasteiger partial charge in [0.1, 0.15) is 0 Å². The molecule has 1 aromatic rings. The Kier molecular flexibility index (Phi) is 7.03. The average Bonchev–Trinajstić information content (AvgIpc) is 2.41. The monoisotopic (exact) mass is 296 g/mol. The standard InChI is InChI=1S/C16H24N2O.ClH/c1-13(2)11-14-3-5-15(6-4-14)12-16(19)18-9-7-17-8-10-18;/h3-6,13,17H,7-12H2,1-2H3;1H. The van der Waals surface area contributed by atoms with Crippen LogP contribution in [0, 0.1) is 5.92 Å². The second kappa shape index (κ2) is 8.28. The molecule has 2 rings (SSSR count). The Balaban J connectivity index is 0.00000200. The predicted octanol–water partition coefficient (Wildman–Crippen LogP) is 2.28. The van der Waals surface area contributed by atoms with Gasteiger partial charge in [-0.2, -0.15) is 0 Å². The fourth-order valence-electron chi connectivity index (χ4n) is 2.47. The number of benzene rings is 1. The number of nitrogens with one attached hydrogen (secondary N) is 1. The lowest BCUT2D eigenvalue weighted by atomic mass is 10.0. The maximum absolute atomic E-state index is 12.1. The van der Waals surface area contributed by atoms with Crippen LogP contribution in [0.1, 0.15) is 25.0 Å². The van der Waals surface area contributed by atoms with Crippen molar-refractivity contribution in [2.75, 3.05) is 26.2 Å². The first-order valence-corrected chi connectivity index (χ1v) is 7.21. The Morgan fingerprint density at radius 3 is 2.25 bits per heavy atom. The molecular formula is C16H25ClN2O. The number of carbonyl (C=O) groups is 1. The van der Waals surface area contributed by atoms with E-state index in [-0.39, 0.29) is 18.3 Å². The molecule has 4 heteroatoms. The van der Waals surface area contributed by atoms with E-state index >= 15 is 0 Å². The Labute approximate surface area is 128 Å². The predicted molar refractivity (Wildman–Crippen MR) is 85.4 cm³/mol. The number of halogens is 1. The molecule has 0 saturated carbocycles. The quantitative estimate of drug-likeness (QED) is 0.924. The molecule has 0 spiro atoms. The maximum Gasteiger partial charge on any atom is 0.227 e. The summed E-state index contributed by atoms with van der Waals surface area (Å²) in [5, 5.41) is 3.27. The lowest BCUT2D eigenvalue weighted by Gasteiger charge is -2.27. The Hall–Kier alpha value is -1.06. The number of hydrogen-bond donors (Lipinski definition) is 1. The van der Waals surface area contributed by atoms with Gasteiger partial charge in [0.25, 0.3) is 0 Å². The zero-order chi connectivity index (χ0) is 13.7. The zero-order valence-electron chi connectivity index (χ0n) is 12.4. The fraction of sp³-hybridized carbons (Fsp3) is 0.562. The molecule has 0 bridgehead atoms. The minimum absolute atomic E-state index is 0. The summed E-state index contributed by atoms with van der Waals surface area (Å²) in [6, 6.07) is 8.50. The summed E-state index contributed by atoms with van der Waals surface area (Å²) in [5.41, 5.74) is 2.48. The van der Waals surface area contributed by atoms with Crippen LogP contribution in [-0.4, -0.2) is 37.0 Å². The van der Waals surface area contributed by atoms with Crippen molar-refractivity contribution in [3.63, 3.8) is 0 Å². The van der Waals surface area contributed by atoms with Gasteiger partial charge in [-0.15, -0.1) is 12.4 Å². The molecule has 0 radical (unpaired) electrons. The molecule has 20 heavy (non-hydrogen) atoms. The van der Waals surface area contributed by atoms with Crippen LogP contribution >= 0.6 is 12.4 Å². The molecule has 1 N–H and O–H groups in total. The van der Waals surface area contributed by atoms with Crippen LogP contribution in [0.2, 0.25) is 0 Å². The highest BCUT2D eigenvalue weighted by Crippen LogP contribution is 2.11. The van der Waals surface area contributed by atoms with E-state index in [1.54, 1.807) is 0 Å². The van der Waals surface area contributed by atoms with E-state index in [0.717, 1.165) is 38.2 Å². The molecule has 1 heterocycles. The molecule has 1 amide bonds. The van der Waals surface area contributed by atoms with E-state index in [9.17, 15) is 4.79 Å². The van der Waals surface area contributed by atoms with Gasteiger partial charge < -0.3 is 10.2 Å². The Morgan fingerprint density at radius 2 is 1.70 bits per heavy atom. The molecule has 0 unspecified atom stereocenters. The van der Waals surface area contributed by atoms with Gasteiger partial charge in [0.05, 0.1) is 6.42 Å². The fourth-order valence-corrected chi connectivity index (χ4v) is 2.47. The number of hydrogen-bond acceptors (Lipinski definition) is 2. The molecular weight excluding hydrogens is 272 g/mol. The van der Waals surface area contributed by atoms with Crippen LogP contribution in [0.25, 0.3) is 0 Å². The van der Waals surface area contributed by atoms with Crippen LogP contribution in [0.3, 0.4) is 0 Å². The summed E-state index contributed by atoms with van der Waals surface area (Å²) < 4.78 is 0. The molecule has 1 fully saturated rings. The molecule has 1 saturated heterocycles. The van der Waals surface area contributed by atoms with Gasteiger partial charge in [0.2, 0.25) is 5.91 Å². The van der Waals surface area contributed by atoms with Gasteiger partial charge in [-0.1, -0.05) is 38.1 Å². The SMILES string of the molecule is CC(C)Cc1ccc(CC(=O)N2CCNCC2)cc1.Cl. The van der Waals surface area contributed by atoms with Crippen LogP contribution in [0.4, 0.5) is 0 Å². The van der Waals surface area contributed by atoms with Gasteiger partial charge in [0.15, 0.2) is 0 Å². The molecule has 0 atom stereocenters. The first kappa shape index (κ1) is 17.0. The third-order valence-electron chi connectivity index (χ3n) is 3.49. The van der Waals surface area contributed by atoms with Crippen molar-refractivity contribution >= 4 is 18.3 Å². The highest BCUT2D eigenvalue weighted by Gasteiger charge is 2.16. The van der Waals surface area contributed by atoms with Gasteiger partial charge in [0, 0.05) is 26.2 Å². The number of amides is 1. The number of nitrogens with zero attached hydrogens (tertiary/aromatic N) is 1. The summed E-state index contributed by atoms with van der Waals surface area (Å²) in [6.07, 6.45) is 1.63. The van der Waals surface area contributed by atoms with Gasteiger partial charge in [-0.3, -0.25) is 4.79 Å². The number of carbonyl (C=O) groups excluding carboxylic acids is 1. The van der Waals surface area contributed by atoms with E-state index in [1.165, 1.54) is 5.56 Å². The summed E-state index contributed by atoms with van der Waals surface area (Å²) in [6.45, 7) is 7.95. The lowest BCUT2D eigenvalue weighted by Crippen LogP contribution is -2.46. The minimum Gasteiger partial charge on any atom is -0.340 e. The van der Waals surface area contributed by atoms with Crippen molar-refractivity contribution in [1.29, 1.82) is 0 Å². The van der Waals surface area contributed by atoms with Crippen molar-refractivity contribution in [3.8, 4) is 0 Å². The van der Waals surface area contributed by atoms with Gasteiger partial charge in [-0.25, -0.2) is 0 Å². The van der Waals surface area contributed by atoms with Crippen molar-refractivity contribution in [2.24, 2.45) is 5.92 Å². The van der Waals surface area contributed by atoms with Crippen LogP contribution < -0.4 is 5.32 Å². The normalized spacial score (nSPS) is 15.1. The van der Waals surface area contributed by atoms with Crippen LogP contribution in [-0.2, 0) is 17.6 Å². The molecule has 1 aliphatic heterocycles. The van der Waals surface area contributed by atoms with E-state index < -0.39 is 0 Å². The second-order valence-corrected chi connectivity index (χ2v) is 5.72. The highest BCUT2D eigenvalue weighted by molar-refractivity contribution is 5.85. The van der Waals surface area contributed by atoms with Gasteiger partial charge in [-0.05, 0) is 23.5 Å². The third-order valence-corrected chi connectivity index (χ3v) is 3.49. The van der Waals surface area contributed by atoms with Gasteiger partial charge >= 0.3 is 0 Å². The first-order valence-electron chi connectivity index (χ1n) is 7.21. The number of piperazine rings is 1. The summed E-state index contributed by atoms with van der Waals surface area (Å²) >= 11 is 0. The third kappa shape index (κ3) is 5.14. The van der Waals surface area contributed by atoms with Crippen molar-refractivity contribution in [3.05, 3.63) is 35.4 Å². The highest BCUT2D eigenvalue weighted by atomic mass is 35.5. The lowest BCUT2D eigenvalue weighted by molar-refractivity contribution is -0.131. The average molecular weight is 297 g/mol. The van der Waals surface area contributed by atoms with E-state index in [1.807, 2.05) is 4.90 Å². The zero-order valence-corrected chi connectivity index (χ0v) is 13.2. The topological polar surface area (TPSA) is 32.3 Å². The summed E-state index contributed by atoms with van der Waals surface area (Å²) in [5.74, 6) is 0.923. The number of rotatable bonds is 4. The van der Waals surface area contributed by atoms with Crippen molar-refractivity contribution in [2.45, 2.75) is 26.7 Å². The van der Waals surface area contributed by atoms with Crippen LogP contribution in [0.15, 0.2) is 24.3 Å². The largest absolute Gasteiger partial charge is 0.340 e. The Bertz CT molecular complexity index is 411. The van der Waals surface area contributed by atoms with Crippen LogP contribution in [0.5, 0.6) is 0 Å². The maximum atomic E-state index is 12.1. The Morgan fingerprint density at radius 1 is 1.15 bits per heavy atom. The smallest absolute Gasteiger partial charge is 0.227 e. The molecule has 1 aromatic carbocycles. The van der Waals surface area contributed by atoms with E-state index in [2.05, 4.69) is 43.4 Å². The minimum atomic E-state index is 0. The second-order valence-electron chi connectivity index (χ2n) is 5.72. The first-order chi connectivity index (χ1) is 9.15. The molecule has 0 aromatic heterocycles. The molecule has 112 valence electrons. The van der Waals surface area contributed by atoms with Crippen molar-refractivity contribution in [1.82, 2.24) is 10.2 Å². The summed E-state index contributed by atoms with van der Waals surface area (Å²) in [4.78, 5) is 14.1. The van der Waals surface area contributed by atoms with E-state index in [4.69, 9.17) is 0 Å². The molecule has 1 aliphatic rings. The van der Waals surface area contributed by atoms with E-state index in [0.29, 0.717) is 12.3 Å². The molecule has 3 nitrogen and oxygen atoms in total. The summed E-state index contributed by atoms with van der Waals surface area (Å²) in [7, 11) is 0.